The summed E-state index contributed by atoms with van der Waals surface area (Å²) in [4.78, 5) is 61.5. The number of fused-ring (bicyclic) bond motifs is 1. The number of rotatable bonds is 12. The number of benzene rings is 2. The minimum Gasteiger partial charge on any atom is -0.342 e. The largest absolute Gasteiger partial charge is 0.402 e. The van der Waals surface area contributed by atoms with E-state index in [4.69, 9.17) is 0 Å². The molecule has 5 rings (SSSR count). The second-order valence-corrected chi connectivity index (χ2v) is 15.1. The maximum atomic E-state index is 14.6. The number of piperidine rings is 1. The zero-order valence-corrected chi connectivity index (χ0v) is 31.0. The van der Waals surface area contributed by atoms with Crippen LogP contribution in [0, 0.1) is 16.2 Å². The summed E-state index contributed by atoms with van der Waals surface area (Å²) >= 11 is 0. The molecule has 13 heteroatoms. The van der Waals surface area contributed by atoms with Gasteiger partial charge in [-0.3, -0.25) is 19.2 Å². The van der Waals surface area contributed by atoms with Crippen LogP contribution in [0.3, 0.4) is 0 Å². The van der Waals surface area contributed by atoms with E-state index in [9.17, 15) is 32.3 Å². The zero-order chi connectivity index (χ0) is 38.6. The van der Waals surface area contributed by atoms with Gasteiger partial charge in [0, 0.05) is 38.1 Å². The average molecular weight is 735 g/mol. The molecule has 0 radical (unpaired) electrons. The molecule has 0 bridgehead atoms. The molecule has 1 aliphatic heterocycles. The Morgan fingerprint density at radius 3 is 2.19 bits per heavy atom. The van der Waals surface area contributed by atoms with Gasteiger partial charge in [-0.2, -0.15) is 13.2 Å². The number of carbonyl (C=O) groups is 4. The number of likely N-dealkylation sites (tertiary alicyclic amines) is 1. The van der Waals surface area contributed by atoms with Crippen LogP contribution < -0.4 is 16.0 Å². The van der Waals surface area contributed by atoms with Gasteiger partial charge in [-0.05, 0) is 99.5 Å². The number of hydrogen-bond donors (Lipinski definition) is 3. The first-order chi connectivity index (χ1) is 25.0. The summed E-state index contributed by atoms with van der Waals surface area (Å²) in [5.74, 6) is -1.37. The Kier molecular flexibility index (Phi) is 11.7. The Balaban J connectivity index is 1.32. The van der Waals surface area contributed by atoms with E-state index in [0.29, 0.717) is 37.3 Å². The normalized spacial score (nSPS) is 18.2. The van der Waals surface area contributed by atoms with Gasteiger partial charge in [0.1, 0.15) is 17.8 Å². The van der Waals surface area contributed by atoms with Crippen LogP contribution in [0.25, 0.3) is 0 Å². The van der Waals surface area contributed by atoms with Crippen LogP contribution in [0.1, 0.15) is 69.2 Å². The third kappa shape index (κ3) is 8.56. The molecule has 284 valence electrons. The van der Waals surface area contributed by atoms with Gasteiger partial charge in [0.15, 0.2) is 0 Å². The van der Waals surface area contributed by atoms with E-state index < -0.39 is 34.2 Å². The summed E-state index contributed by atoms with van der Waals surface area (Å²) < 4.78 is 41.1. The number of amides is 4. The van der Waals surface area contributed by atoms with E-state index >= 15 is 0 Å². The van der Waals surface area contributed by atoms with Crippen LogP contribution in [0.4, 0.5) is 24.7 Å². The molecule has 10 nitrogen and oxygen atoms in total. The van der Waals surface area contributed by atoms with Gasteiger partial charge in [0.2, 0.25) is 23.6 Å². The van der Waals surface area contributed by atoms with Crippen LogP contribution in [0.5, 0.6) is 0 Å². The summed E-state index contributed by atoms with van der Waals surface area (Å²) in [7, 11) is 1.82. The van der Waals surface area contributed by atoms with Gasteiger partial charge in [0.05, 0.1) is 10.8 Å². The first kappa shape index (κ1) is 39.4. The molecule has 1 aliphatic carbocycles. The summed E-state index contributed by atoms with van der Waals surface area (Å²) in [6.45, 7) is 5.95. The summed E-state index contributed by atoms with van der Waals surface area (Å²) in [5.41, 5.74) is 0.0807. The Bertz CT molecular complexity index is 1820. The highest BCUT2D eigenvalue weighted by molar-refractivity contribution is 5.97. The van der Waals surface area contributed by atoms with E-state index in [-0.39, 0.29) is 50.8 Å². The van der Waals surface area contributed by atoms with Gasteiger partial charge < -0.3 is 25.8 Å². The molecule has 2 heterocycles. The lowest BCUT2D eigenvalue weighted by atomic mass is 9.74. The predicted molar refractivity (Wildman–Crippen MR) is 196 cm³/mol. The molecule has 2 aromatic carbocycles. The molecule has 1 atom stereocenters. The van der Waals surface area contributed by atoms with Crippen molar-refractivity contribution < 1.29 is 32.3 Å². The number of carbonyl (C=O) groups excluding carboxylic acids is 4. The highest BCUT2D eigenvalue weighted by atomic mass is 19.4. The Hall–Kier alpha value is -4.78. The summed E-state index contributed by atoms with van der Waals surface area (Å²) in [5, 5.41) is 8.99. The van der Waals surface area contributed by atoms with Crippen molar-refractivity contribution in [1.82, 2.24) is 20.1 Å². The molecule has 0 spiro atoms. The Labute approximate surface area is 308 Å². The molecule has 4 amide bonds. The minimum atomic E-state index is -4.71. The van der Waals surface area contributed by atoms with Crippen molar-refractivity contribution in [3.05, 3.63) is 89.1 Å². The van der Waals surface area contributed by atoms with Gasteiger partial charge >= 0.3 is 6.18 Å². The molecule has 1 aromatic heterocycles. The third-order valence-corrected chi connectivity index (χ3v) is 11.0. The van der Waals surface area contributed by atoms with Gasteiger partial charge in [-0.1, -0.05) is 50.2 Å². The van der Waals surface area contributed by atoms with Gasteiger partial charge in [0.25, 0.3) is 0 Å². The predicted octanol–water partition coefficient (Wildman–Crippen LogP) is 6.12. The second kappa shape index (κ2) is 15.7. The van der Waals surface area contributed by atoms with Crippen molar-refractivity contribution in [2.24, 2.45) is 16.2 Å². The van der Waals surface area contributed by atoms with Crippen molar-refractivity contribution in [2.75, 3.05) is 37.3 Å². The number of nitrogens with zero attached hydrogens (tertiary/aromatic N) is 3. The molecule has 2 aliphatic rings. The first-order valence-electron chi connectivity index (χ1n) is 18.0. The van der Waals surface area contributed by atoms with Gasteiger partial charge in [-0.25, -0.2) is 4.98 Å². The Morgan fingerprint density at radius 2 is 1.57 bits per heavy atom. The number of aromatic nitrogens is 1. The van der Waals surface area contributed by atoms with Crippen molar-refractivity contribution in [2.45, 2.75) is 79.1 Å². The SMILES string of the molecule is CCC1(C(=O)N(CC(=O)Nc2ccc3c(c2)C[C@](C)(C(=O)Nc2ccccn2)C3)Cc2ccccc2CNC)CCN(C(=O)C(C)(C)C(F)(F)F)CC1. The smallest absolute Gasteiger partial charge is 0.342 e. The van der Waals surface area contributed by atoms with Crippen molar-refractivity contribution in [1.29, 1.82) is 0 Å². The molecule has 0 saturated carbocycles. The second-order valence-electron chi connectivity index (χ2n) is 15.1. The fourth-order valence-electron chi connectivity index (χ4n) is 7.37. The van der Waals surface area contributed by atoms with Gasteiger partial charge in [-0.15, -0.1) is 0 Å². The summed E-state index contributed by atoms with van der Waals surface area (Å²) in [6.07, 6.45) is -1.36. The zero-order valence-electron chi connectivity index (χ0n) is 31.0. The number of anilines is 2. The first-order valence-corrected chi connectivity index (χ1v) is 18.0. The molecule has 3 N–H and O–H groups in total. The highest BCUT2D eigenvalue weighted by Gasteiger charge is 2.55. The molecular weight excluding hydrogens is 685 g/mol. The standard InChI is InChI=1S/C40H49F3N6O4/c1-6-39(16-19-48(20-17-39)35(52)37(2,3)40(41,42)43)36(53)49(25-29-12-8-7-11-28(29)24-44-5)26-33(50)46-31-15-14-27-22-38(4,23-30(27)21-31)34(51)47-32-13-9-10-18-45-32/h7-15,18,21,44H,6,16-17,19-20,22-26H2,1-5H3,(H,46,50)(H,45,47,51)/t38-/m1/s1. The van der Waals surface area contributed by atoms with E-state index in [1.54, 1.807) is 30.5 Å². The maximum Gasteiger partial charge on any atom is 0.402 e. The van der Waals surface area contributed by atoms with E-state index in [1.807, 2.05) is 57.3 Å². The molecule has 1 saturated heterocycles. The Morgan fingerprint density at radius 1 is 0.906 bits per heavy atom. The minimum absolute atomic E-state index is 0.00221. The number of pyridine rings is 1. The molecule has 53 heavy (non-hydrogen) atoms. The lowest BCUT2D eigenvalue weighted by Crippen LogP contribution is -2.55. The van der Waals surface area contributed by atoms with Crippen molar-refractivity contribution in [3.8, 4) is 0 Å². The highest BCUT2D eigenvalue weighted by Crippen LogP contribution is 2.43. The fourth-order valence-corrected chi connectivity index (χ4v) is 7.37. The summed E-state index contributed by atoms with van der Waals surface area (Å²) in [6, 6.07) is 18.5. The number of alkyl halides is 3. The average Bonchev–Trinajstić information content (AvgIpc) is 3.48. The lowest BCUT2D eigenvalue weighted by molar-refractivity contribution is -0.218. The molecule has 1 fully saturated rings. The molecular formula is C40H49F3N6O4. The van der Waals surface area contributed by atoms with E-state index in [2.05, 4.69) is 20.9 Å². The number of hydrogen-bond acceptors (Lipinski definition) is 6. The van der Waals surface area contributed by atoms with E-state index in [0.717, 1.165) is 36.1 Å². The van der Waals surface area contributed by atoms with Crippen LogP contribution in [-0.4, -0.2) is 71.3 Å². The maximum absolute atomic E-state index is 14.6. The lowest BCUT2D eigenvalue weighted by Gasteiger charge is -2.44. The van der Waals surface area contributed by atoms with Crippen LogP contribution in [0.2, 0.25) is 0 Å². The quantitative estimate of drug-likeness (QED) is 0.206. The monoisotopic (exact) mass is 734 g/mol. The third-order valence-electron chi connectivity index (χ3n) is 11.0. The molecule has 0 unspecified atom stereocenters. The van der Waals surface area contributed by atoms with Crippen LogP contribution in [0.15, 0.2) is 66.9 Å². The molecule has 3 aromatic rings. The number of nitrogens with one attached hydrogen (secondary N) is 3. The van der Waals surface area contributed by atoms with Crippen molar-refractivity contribution in [3.63, 3.8) is 0 Å². The van der Waals surface area contributed by atoms with Crippen LogP contribution in [-0.2, 0) is 45.1 Å². The van der Waals surface area contributed by atoms with Crippen molar-refractivity contribution >= 4 is 35.1 Å². The van der Waals surface area contributed by atoms with Crippen LogP contribution >= 0.6 is 0 Å². The fraction of sp³-hybridized carbons (Fsp3) is 0.475. The number of halogens is 3. The topological polar surface area (TPSA) is 124 Å². The van der Waals surface area contributed by atoms with E-state index in [1.165, 1.54) is 9.80 Å².